The number of urea groups is 1. The molecule has 14 heteroatoms. The van der Waals surface area contributed by atoms with Gasteiger partial charge < -0.3 is 14.6 Å². The summed E-state index contributed by atoms with van der Waals surface area (Å²) in [4.78, 5) is 33.9. The molecule has 0 unspecified atom stereocenters. The van der Waals surface area contributed by atoms with Crippen molar-refractivity contribution in [2.75, 3.05) is 17.4 Å². The molecule has 1 aliphatic heterocycles. The Balaban J connectivity index is 1.31. The van der Waals surface area contributed by atoms with Crippen molar-refractivity contribution in [1.82, 2.24) is 34.9 Å². The van der Waals surface area contributed by atoms with E-state index in [-0.39, 0.29) is 18.3 Å². The van der Waals surface area contributed by atoms with Gasteiger partial charge in [-0.2, -0.15) is 13.2 Å². The second kappa shape index (κ2) is 9.22. The topological polar surface area (TPSA) is 123 Å². The van der Waals surface area contributed by atoms with Crippen molar-refractivity contribution in [1.29, 1.82) is 0 Å². The molecule has 1 aliphatic carbocycles. The zero-order chi connectivity index (χ0) is 27.3. The van der Waals surface area contributed by atoms with Gasteiger partial charge in [0.05, 0.1) is 25.5 Å². The van der Waals surface area contributed by atoms with Crippen LogP contribution in [-0.2, 0) is 19.8 Å². The number of aryl methyl sites for hydroxylation is 1. The zero-order valence-electron chi connectivity index (χ0n) is 20.8. The molecule has 200 valence electrons. The van der Waals surface area contributed by atoms with Gasteiger partial charge in [0.2, 0.25) is 5.88 Å². The number of rotatable bonds is 6. The summed E-state index contributed by atoms with van der Waals surface area (Å²) in [5.74, 6) is 1.63. The highest BCUT2D eigenvalue weighted by Gasteiger charge is 2.35. The standard InChI is InChI=1S/C25H22F3N9O2/c1-36-11-17(25(26,27)28)33-21(36)15-5-3-13(4-6-15)10-37-22-16(32-24(38)35-37)9-29-20(34-22)18-19(14-7-8-14)30-12-31-23(18)39-2/h3-6,9,11-12,14H,7-8,10H2,1-2H3,(H2,32,35,38). The molecule has 1 aromatic carbocycles. The lowest BCUT2D eigenvalue weighted by Gasteiger charge is -2.30. The molecule has 0 spiro atoms. The van der Waals surface area contributed by atoms with Crippen LogP contribution in [0.15, 0.2) is 43.0 Å². The van der Waals surface area contributed by atoms with Gasteiger partial charge in [-0.25, -0.2) is 35.1 Å². The van der Waals surface area contributed by atoms with E-state index in [1.165, 1.54) is 31.2 Å². The molecule has 11 nitrogen and oxygen atoms in total. The van der Waals surface area contributed by atoms with Gasteiger partial charge in [0.1, 0.15) is 23.4 Å². The number of nitrogens with zero attached hydrogens (tertiary/aromatic N) is 7. The molecule has 3 aromatic heterocycles. The second-order valence-electron chi connectivity index (χ2n) is 9.26. The molecular formula is C25H22F3N9O2. The maximum absolute atomic E-state index is 13.1. The number of alkyl halides is 3. The van der Waals surface area contributed by atoms with Crippen LogP contribution in [-0.4, -0.2) is 42.6 Å². The zero-order valence-corrected chi connectivity index (χ0v) is 20.8. The van der Waals surface area contributed by atoms with E-state index >= 15 is 0 Å². The van der Waals surface area contributed by atoms with Gasteiger partial charge in [0.25, 0.3) is 0 Å². The van der Waals surface area contributed by atoms with Crippen LogP contribution in [0.2, 0.25) is 0 Å². The summed E-state index contributed by atoms with van der Waals surface area (Å²) in [7, 11) is 3.03. The van der Waals surface area contributed by atoms with E-state index in [2.05, 4.69) is 30.7 Å². The number of benzene rings is 1. The molecule has 0 bridgehead atoms. The van der Waals surface area contributed by atoms with Gasteiger partial charge in [-0.1, -0.05) is 24.3 Å². The van der Waals surface area contributed by atoms with Gasteiger partial charge >= 0.3 is 12.2 Å². The van der Waals surface area contributed by atoms with Crippen molar-refractivity contribution in [2.45, 2.75) is 31.5 Å². The van der Waals surface area contributed by atoms with E-state index in [9.17, 15) is 18.0 Å². The quantitative estimate of drug-likeness (QED) is 0.373. The van der Waals surface area contributed by atoms with E-state index in [1.807, 2.05) is 0 Å². The van der Waals surface area contributed by atoms with Crippen LogP contribution >= 0.6 is 0 Å². The van der Waals surface area contributed by atoms with Crippen LogP contribution in [0.5, 0.6) is 5.88 Å². The Hall–Kier alpha value is -4.75. The summed E-state index contributed by atoms with van der Waals surface area (Å²) in [5, 5.41) is 4.28. The smallest absolute Gasteiger partial charge is 0.434 e. The van der Waals surface area contributed by atoms with Crippen LogP contribution in [0.4, 0.5) is 29.5 Å². The molecular weight excluding hydrogens is 515 g/mol. The molecule has 39 heavy (non-hydrogen) atoms. The number of halogens is 3. The first-order chi connectivity index (χ1) is 18.7. The fourth-order valence-corrected chi connectivity index (χ4v) is 4.45. The third-order valence-electron chi connectivity index (χ3n) is 6.45. The number of hydrogen-bond acceptors (Lipinski definition) is 8. The first-order valence-electron chi connectivity index (χ1n) is 12.0. The molecule has 4 aromatic rings. The molecule has 0 atom stereocenters. The average Bonchev–Trinajstić information content (AvgIpc) is 3.68. The number of anilines is 2. The first-order valence-corrected chi connectivity index (χ1v) is 12.0. The maximum Gasteiger partial charge on any atom is 0.434 e. The minimum Gasteiger partial charge on any atom is -0.480 e. The van der Waals surface area contributed by atoms with Crippen molar-refractivity contribution in [2.24, 2.45) is 7.05 Å². The number of aromatic nitrogens is 6. The highest BCUT2D eigenvalue weighted by atomic mass is 19.4. The molecule has 0 saturated heterocycles. The molecule has 1 fully saturated rings. The minimum absolute atomic E-state index is 0.192. The fourth-order valence-electron chi connectivity index (χ4n) is 4.45. The van der Waals surface area contributed by atoms with E-state index in [0.717, 1.165) is 30.3 Å². The first kappa shape index (κ1) is 24.6. The number of methoxy groups -OCH3 is 1. The Kier molecular flexibility index (Phi) is 5.81. The lowest BCUT2D eigenvalue weighted by Crippen LogP contribution is -2.48. The molecule has 2 aliphatic rings. The van der Waals surface area contributed by atoms with E-state index < -0.39 is 17.9 Å². The Bertz CT molecular complexity index is 1570. The van der Waals surface area contributed by atoms with Gasteiger partial charge in [-0.05, 0) is 18.4 Å². The number of carbonyl (C=O) groups excluding carboxylic acids is 1. The van der Waals surface area contributed by atoms with Crippen LogP contribution in [0.1, 0.15) is 35.7 Å². The van der Waals surface area contributed by atoms with Crippen LogP contribution < -0.4 is 20.5 Å². The minimum atomic E-state index is -4.53. The highest BCUT2D eigenvalue weighted by Crippen LogP contribution is 2.45. The Morgan fingerprint density at radius 2 is 1.87 bits per heavy atom. The number of fused-ring (bicyclic) bond motifs is 1. The van der Waals surface area contributed by atoms with Crippen LogP contribution in [0.25, 0.3) is 22.8 Å². The summed E-state index contributed by atoms with van der Waals surface area (Å²) in [6, 6.07) is 6.42. The summed E-state index contributed by atoms with van der Waals surface area (Å²) >= 11 is 0. The monoisotopic (exact) mass is 537 g/mol. The lowest BCUT2D eigenvalue weighted by molar-refractivity contribution is -0.140. The van der Waals surface area contributed by atoms with Gasteiger partial charge in [0.15, 0.2) is 17.3 Å². The SMILES string of the molecule is COc1ncnc(C2CC2)c1-c1ncc2c(n1)N(Cc1ccc(-c3nc(C(F)(F)F)cn3C)cc1)NC(=O)N2. The van der Waals surface area contributed by atoms with Gasteiger partial charge in [-0.3, -0.25) is 5.01 Å². The third-order valence-corrected chi connectivity index (χ3v) is 6.45. The number of hydrazine groups is 1. The summed E-state index contributed by atoms with van der Waals surface area (Å²) < 4.78 is 46.0. The van der Waals surface area contributed by atoms with Crippen molar-refractivity contribution in [3.8, 4) is 28.7 Å². The second-order valence-corrected chi connectivity index (χ2v) is 9.26. The number of imidazole rings is 1. The predicted molar refractivity (Wildman–Crippen MR) is 134 cm³/mol. The number of hydrogen-bond donors (Lipinski definition) is 2. The van der Waals surface area contributed by atoms with E-state index in [1.54, 1.807) is 29.3 Å². The molecule has 2 amide bonds. The predicted octanol–water partition coefficient (Wildman–Crippen LogP) is 4.30. The van der Waals surface area contributed by atoms with Crippen molar-refractivity contribution >= 4 is 17.5 Å². The number of nitrogens with one attached hydrogen (secondary N) is 2. The summed E-state index contributed by atoms with van der Waals surface area (Å²) in [6.07, 6.45) is 1.42. The van der Waals surface area contributed by atoms with Gasteiger partial charge in [0, 0.05) is 24.7 Å². The summed E-state index contributed by atoms with van der Waals surface area (Å²) in [6.45, 7) is 0.226. The molecule has 0 radical (unpaired) electrons. The number of ether oxygens (including phenoxy) is 1. The Morgan fingerprint density at radius 3 is 2.54 bits per heavy atom. The summed E-state index contributed by atoms with van der Waals surface area (Å²) in [5.41, 5.74) is 4.93. The third kappa shape index (κ3) is 4.69. The molecule has 1 saturated carbocycles. The highest BCUT2D eigenvalue weighted by molar-refractivity contribution is 5.96. The largest absolute Gasteiger partial charge is 0.480 e. The normalized spacial score (nSPS) is 15.0. The Morgan fingerprint density at radius 1 is 1.10 bits per heavy atom. The average molecular weight is 538 g/mol. The van der Waals surface area contributed by atoms with Crippen LogP contribution in [0, 0.1) is 0 Å². The van der Waals surface area contributed by atoms with Crippen molar-refractivity contribution < 1.29 is 22.7 Å². The van der Waals surface area contributed by atoms with Gasteiger partial charge in [-0.15, -0.1) is 0 Å². The molecule has 4 heterocycles. The maximum atomic E-state index is 13.1. The molecule has 6 rings (SSSR count). The van der Waals surface area contributed by atoms with Crippen molar-refractivity contribution in [3.05, 3.63) is 59.9 Å². The van der Waals surface area contributed by atoms with Crippen LogP contribution in [0.3, 0.4) is 0 Å². The molecule has 2 N–H and O–H groups in total. The van der Waals surface area contributed by atoms with E-state index in [4.69, 9.17) is 9.72 Å². The lowest BCUT2D eigenvalue weighted by atomic mass is 10.1. The number of carbonyl (C=O) groups is 1. The number of amides is 2. The fraction of sp³-hybridized carbons (Fsp3) is 0.280. The Labute approximate surface area is 220 Å². The van der Waals surface area contributed by atoms with Crippen molar-refractivity contribution in [3.63, 3.8) is 0 Å². The van der Waals surface area contributed by atoms with E-state index in [0.29, 0.717) is 34.3 Å².